The van der Waals surface area contributed by atoms with Crippen LogP contribution in [-0.4, -0.2) is 26.6 Å². The molecular formula is C23H21N5O2. The number of pyridine rings is 1. The number of fused-ring (bicyclic) bond motifs is 1. The topological polar surface area (TPSA) is 88.9 Å². The Morgan fingerprint density at radius 3 is 2.30 bits per heavy atom. The average Bonchev–Trinajstić information content (AvgIpc) is 3.10. The van der Waals surface area contributed by atoms with Crippen molar-refractivity contribution in [3.8, 4) is 11.3 Å². The Labute approximate surface area is 173 Å². The van der Waals surface area contributed by atoms with E-state index in [1.54, 1.807) is 23.9 Å². The standard InChI is InChI=1S/C23H21N5O2/c1-14-8-10-16(11-9-14)20-13-18(17-6-4-5-7-19(17)24-20)22(29)25-26-23(30)21-12-15(2)28(3)27-21/h4-13H,1-3H3,(H,25,29)(H,26,30). The lowest BCUT2D eigenvalue weighted by molar-refractivity contribution is 0.0844. The molecule has 2 heterocycles. The number of hydrogen-bond acceptors (Lipinski definition) is 4. The molecule has 0 saturated heterocycles. The second kappa shape index (κ2) is 7.79. The Morgan fingerprint density at radius 2 is 1.60 bits per heavy atom. The summed E-state index contributed by atoms with van der Waals surface area (Å²) < 4.78 is 1.60. The van der Waals surface area contributed by atoms with Crippen molar-refractivity contribution in [1.29, 1.82) is 0 Å². The number of amides is 2. The van der Waals surface area contributed by atoms with Crippen LogP contribution in [0.15, 0.2) is 60.7 Å². The Hall–Kier alpha value is -4.00. The van der Waals surface area contributed by atoms with E-state index in [1.807, 2.05) is 62.4 Å². The van der Waals surface area contributed by atoms with Crippen LogP contribution in [0.3, 0.4) is 0 Å². The molecule has 0 radical (unpaired) electrons. The fraction of sp³-hybridized carbons (Fsp3) is 0.130. The van der Waals surface area contributed by atoms with E-state index in [-0.39, 0.29) is 5.69 Å². The number of nitrogens with one attached hydrogen (secondary N) is 2. The molecule has 4 aromatic rings. The summed E-state index contributed by atoms with van der Waals surface area (Å²) in [6.07, 6.45) is 0. The van der Waals surface area contributed by atoms with Gasteiger partial charge in [-0.1, -0.05) is 48.0 Å². The lowest BCUT2D eigenvalue weighted by atomic mass is 10.0. The van der Waals surface area contributed by atoms with Crippen LogP contribution in [0.25, 0.3) is 22.2 Å². The first-order chi connectivity index (χ1) is 14.4. The molecule has 30 heavy (non-hydrogen) atoms. The van der Waals surface area contributed by atoms with Crippen molar-refractivity contribution in [2.75, 3.05) is 0 Å². The maximum absolute atomic E-state index is 12.9. The Morgan fingerprint density at radius 1 is 0.900 bits per heavy atom. The van der Waals surface area contributed by atoms with Gasteiger partial charge in [-0.3, -0.25) is 25.1 Å². The van der Waals surface area contributed by atoms with Crippen LogP contribution in [0.1, 0.15) is 32.1 Å². The number of para-hydroxylation sites is 1. The van der Waals surface area contributed by atoms with E-state index in [1.165, 1.54) is 0 Å². The van der Waals surface area contributed by atoms with Crippen molar-refractivity contribution in [2.45, 2.75) is 13.8 Å². The summed E-state index contributed by atoms with van der Waals surface area (Å²) in [6, 6.07) is 18.8. The lowest BCUT2D eigenvalue weighted by Gasteiger charge is -2.11. The van der Waals surface area contributed by atoms with E-state index in [0.29, 0.717) is 22.2 Å². The molecule has 2 amide bonds. The minimum atomic E-state index is -0.482. The highest BCUT2D eigenvalue weighted by molar-refractivity contribution is 6.08. The molecule has 0 fully saturated rings. The van der Waals surface area contributed by atoms with E-state index in [9.17, 15) is 9.59 Å². The van der Waals surface area contributed by atoms with Gasteiger partial charge in [0.2, 0.25) is 0 Å². The van der Waals surface area contributed by atoms with Gasteiger partial charge in [0, 0.05) is 23.7 Å². The SMILES string of the molecule is Cc1ccc(-c2cc(C(=O)NNC(=O)c3cc(C)n(C)n3)c3ccccc3n2)cc1. The summed E-state index contributed by atoms with van der Waals surface area (Å²) in [7, 11) is 1.75. The molecule has 2 aromatic carbocycles. The van der Waals surface area contributed by atoms with Crippen LogP contribution < -0.4 is 10.9 Å². The van der Waals surface area contributed by atoms with Gasteiger partial charge >= 0.3 is 0 Å². The normalized spacial score (nSPS) is 10.8. The van der Waals surface area contributed by atoms with Crippen molar-refractivity contribution in [3.63, 3.8) is 0 Å². The van der Waals surface area contributed by atoms with Crippen LogP contribution in [-0.2, 0) is 7.05 Å². The largest absolute Gasteiger partial charge is 0.290 e. The van der Waals surface area contributed by atoms with Gasteiger partial charge in [-0.15, -0.1) is 0 Å². The highest BCUT2D eigenvalue weighted by Crippen LogP contribution is 2.25. The molecule has 4 rings (SSSR count). The number of aromatic nitrogens is 3. The number of carbonyl (C=O) groups excluding carboxylic acids is 2. The summed E-state index contributed by atoms with van der Waals surface area (Å²) in [6.45, 7) is 3.86. The Balaban J connectivity index is 1.64. The zero-order valence-electron chi connectivity index (χ0n) is 16.9. The lowest BCUT2D eigenvalue weighted by Crippen LogP contribution is -2.42. The van der Waals surface area contributed by atoms with Crippen molar-refractivity contribution in [2.24, 2.45) is 7.05 Å². The Bertz CT molecular complexity index is 1240. The third-order valence-electron chi connectivity index (χ3n) is 4.94. The summed E-state index contributed by atoms with van der Waals surface area (Å²) in [5, 5.41) is 4.82. The molecule has 0 aliphatic heterocycles. The summed E-state index contributed by atoms with van der Waals surface area (Å²) in [5.41, 5.74) is 9.86. The van der Waals surface area contributed by atoms with Crippen molar-refractivity contribution in [3.05, 3.63) is 83.2 Å². The fourth-order valence-electron chi connectivity index (χ4n) is 3.15. The van der Waals surface area contributed by atoms with E-state index in [2.05, 4.69) is 16.0 Å². The van der Waals surface area contributed by atoms with Gasteiger partial charge in [-0.25, -0.2) is 4.98 Å². The van der Waals surface area contributed by atoms with Crippen molar-refractivity contribution >= 4 is 22.7 Å². The molecule has 0 spiro atoms. The number of hydrazine groups is 1. The number of rotatable bonds is 3. The third-order valence-corrected chi connectivity index (χ3v) is 4.94. The van der Waals surface area contributed by atoms with E-state index < -0.39 is 11.8 Å². The molecule has 0 aliphatic carbocycles. The van der Waals surface area contributed by atoms with Crippen LogP contribution in [0.5, 0.6) is 0 Å². The molecule has 0 saturated carbocycles. The predicted octanol–water partition coefficient (Wildman–Crippen LogP) is 3.33. The zero-order valence-corrected chi connectivity index (χ0v) is 16.9. The number of nitrogens with zero attached hydrogens (tertiary/aromatic N) is 3. The molecule has 150 valence electrons. The third kappa shape index (κ3) is 3.77. The first-order valence-electron chi connectivity index (χ1n) is 9.50. The monoisotopic (exact) mass is 399 g/mol. The summed E-state index contributed by atoms with van der Waals surface area (Å²) in [5.74, 6) is -0.910. The number of benzene rings is 2. The van der Waals surface area contributed by atoms with Gasteiger partial charge in [0.15, 0.2) is 5.69 Å². The molecule has 2 N–H and O–H groups in total. The van der Waals surface area contributed by atoms with Gasteiger partial charge in [0.25, 0.3) is 11.8 Å². The Kier molecular flexibility index (Phi) is 5.02. The quantitative estimate of drug-likeness (QED) is 0.517. The molecule has 7 heteroatoms. The van der Waals surface area contributed by atoms with Gasteiger partial charge in [-0.2, -0.15) is 5.10 Å². The number of carbonyl (C=O) groups is 2. The van der Waals surface area contributed by atoms with Crippen LogP contribution >= 0.6 is 0 Å². The minimum Gasteiger partial charge on any atom is -0.272 e. The van der Waals surface area contributed by atoms with Gasteiger partial charge in [0.1, 0.15) is 0 Å². The van der Waals surface area contributed by atoms with E-state index in [4.69, 9.17) is 4.98 Å². The molecule has 0 atom stereocenters. The van der Waals surface area contributed by atoms with Crippen LogP contribution in [0.2, 0.25) is 0 Å². The molecule has 2 aromatic heterocycles. The van der Waals surface area contributed by atoms with E-state index in [0.717, 1.165) is 16.8 Å². The average molecular weight is 399 g/mol. The van der Waals surface area contributed by atoms with Crippen LogP contribution in [0.4, 0.5) is 0 Å². The van der Waals surface area contributed by atoms with Gasteiger partial charge in [0.05, 0.1) is 16.8 Å². The molecule has 0 unspecified atom stereocenters. The van der Waals surface area contributed by atoms with Gasteiger partial charge < -0.3 is 0 Å². The van der Waals surface area contributed by atoms with Crippen molar-refractivity contribution in [1.82, 2.24) is 25.6 Å². The van der Waals surface area contributed by atoms with Crippen LogP contribution in [0, 0.1) is 13.8 Å². The highest BCUT2D eigenvalue weighted by atomic mass is 16.2. The van der Waals surface area contributed by atoms with Crippen molar-refractivity contribution < 1.29 is 9.59 Å². The minimum absolute atomic E-state index is 0.232. The molecular weight excluding hydrogens is 378 g/mol. The maximum Gasteiger partial charge on any atom is 0.290 e. The first-order valence-corrected chi connectivity index (χ1v) is 9.50. The zero-order chi connectivity index (χ0) is 21.3. The molecule has 7 nitrogen and oxygen atoms in total. The first kappa shape index (κ1) is 19.3. The smallest absolute Gasteiger partial charge is 0.272 e. The van der Waals surface area contributed by atoms with Gasteiger partial charge in [-0.05, 0) is 32.0 Å². The second-order valence-corrected chi connectivity index (χ2v) is 7.14. The second-order valence-electron chi connectivity index (χ2n) is 7.14. The number of hydrogen-bond donors (Lipinski definition) is 2. The molecule has 0 aliphatic rings. The highest BCUT2D eigenvalue weighted by Gasteiger charge is 2.16. The summed E-state index contributed by atoms with van der Waals surface area (Å²) in [4.78, 5) is 29.9. The number of aryl methyl sites for hydroxylation is 3. The fourth-order valence-corrected chi connectivity index (χ4v) is 3.15. The van der Waals surface area contributed by atoms with E-state index >= 15 is 0 Å². The molecule has 0 bridgehead atoms. The summed E-state index contributed by atoms with van der Waals surface area (Å²) >= 11 is 0. The maximum atomic E-state index is 12.9. The predicted molar refractivity (Wildman–Crippen MR) is 115 cm³/mol.